The molecule has 5 nitrogen and oxygen atoms in total. The van der Waals surface area contributed by atoms with Gasteiger partial charge in [0.1, 0.15) is 22.7 Å². The van der Waals surface area contributed by atoms with Crippen molar-refractivity contribution in [3.05, 3.63) is 11.3 Å². The van der Waals surface area contributed by atoms with E-state index in [4.69, 9.17) is 10.5 Å². The smallest absolute Gasteiger partial charge is 0.355 e. The first-order valence-electron chi connectivity index (χ1n) is 5.98. The molecule has 0 aliphatic carbocycles. The molecule has 2 heterocycles. The van der Waals surface area contributed by atoms with Gasteiger partial charge in [-0.25, -0.2) is 4.79 Å². The number of thioether (sulfide) groups is 1. The van der Waals surface area contributed by atoms with Crippen LogP contribution in [-0.4, -0.2) is 44.9 Å². The third-order valence-electron chi connectivity index (χ3n) is 2.84. The van der Waals surface area contributed by atoms with Gasteiger partial charge in [0.05, 0.1) is 0 Å². The molecule has 2 aliphatic heterocycles. The van der Waals surface area contributed by atoms with Gasteiger partial charge in [-0.05, 0) is 26.3 Å². The summed E-state index contributed by atoms with van der Waals surface area (Å²) in [6.07, 6.45) is 0. The van der Waals surface area contributed by atoms with E-state index in [1.54, 1.807) is 32.5 Å². The number of hydrogen-bond donors (Lipinski definition) is 1. The standard InChI is InChI=1S/C12H17BrN2O3S/c1-12(2,3)18-11(17)8-6(4-13)5-19-10-7(14)9(16)15(8)10/h7,10H,4-5,14H2,1-3H3/t7?,10-/m1/s1. The van der Waals surface area contributed by atoms with Crippen molar-refractivity contribution in [2.24, 2.45) is 5.73 Å². The molecule has 19 heavy (non-hydrogen) atoms. The summed E-state index contributed by atoms with van der Waals surface area (Å²) < 4.78 is 5.38. The van der Waals surface area contributed by atoms with E-state index in [1.165, 1.54) is 4.90 Å². The SMILES string of the molecule is CC(C)(C)OC(=O)C1=C(CBr)CS[C@@H]2C(N)C(=O)N12. The van der Waals surface area contributed by atoms with Gasteiger partial charge in [-0.1, -0.05) is 15.9 Å². The van der Waals surface area contributed by atoms with Crippen molar-refractivity contribution in [1.29, 1.82) is 0 Å². The summed E-state index contributed by atoms with van der Waals surface area (Å²) >= 11 is 4.94. The Balaban J connectivity index is 2.30. The topological polar surface area (TPSA) is 72.6 Å². The van der Waals surface area contributed by atoms with E-state index in [0.717, 1.165) is 5.57 Å². The van der Waals surface area contributed by atoms with Crippen LogP contribution in [0, 0.1) is 0 Å². The van der Waals surface area contributed by atoms with Crippen LogP contribution in [0.1, 0.15) is 20.8 Å². The molecular weight excluding hydrogens is 332 g/mol. The molecule has 2 aliphatic rings. The maximum atomic E-state index is 12.3. The first-order valence-corrected chi connectivity index (χ1v) is 8.15. The quantitative estimate of drug-likeness (QED) is 0.461. The summed E-state index contributed by atoms with van der Waals surface area (Å²) in [5, 5.41) is 0.401. The Kier molecular flexibility index (Phi) is 3.99. The second-order valence-corrected chi connectivity index (χ2v) is 7.19. The molecule has 1 fully saturated rings. The zero-order valence-electron chi connectivity index (χ0n) is 11.1. The molecule has 2 N–H and O–H groups in total. The molecule has 106 valence electrons. The third-order valence-corrected chi connectivity index (χ3v) is 4.88. The molecule has 0 aromatic carbocycles. The van der Waals surface area contributed by atoms with Crippen molar-refractivity contribution >= 4 is 39.6 Å². The molecular formula is C12H17BrN2O3S. The number of esters is 1. The highest BCUT2D eigenvalue weighted by Gasteiger charge is 2.52. The average Bonchev–Trinajstić information content (AvgIpc) is 2.33. The van der Waals surface area contributed by atoms with E-state index in [1.807, 2.05) is 0 Å². The van der Waals surface area contributed by atoms with Gasteiger partial charge in [0.15, 0.2) is 0 Å². The Hall–Kier alpha value is -0.530. The lowest BCUT2D eigenvalue weighted by Crippen LogP contribution is -2.68. The van der Waals surface area contributed by atoms with Crippen molar-refractivity contribution in [2.45, 2.75) is 37.8 Å². The Morgan fingerprint density at radius 3 is 2.74 bits per heavy atom. The molecule has 2 atom stereocenters. The van der Waals surface area contributed by atoms with Crippen LogP contribution >= 0.6 is 27.7 Å². The number of halogens is 1. The molecule has 2 rings (SSSR count). The number of carbonyl (C=O) groups excluding carboxylic acids is 2. The maximum absolute atomic E-state index is 12.3. The summed E-state index contributed by atoms with van der Waals surface area (Å²) in [4.78, 5) is 25.6. The molecule has 7 heteroatoms. The number of hydrogen-bond acceptors (Lipinski definition) is 5. The minimum absolute atomic E-state index is 0.141. The number of nitrogens with two attached hydrogens (primary N) is 1. The van der Waals surface area contributed by atoms with Crippen LogP contribution in [0.5, 0.6) is 0 Å². The zero-order chi connectivity index (χ0) is 14.4. The van der Waals surface area contributed by atoms with Crippen LogP contribution in [0.15, 0.2) is 11.3 Å². The Morgan fingerprint density at radius 1 is 1.58 bits per heavy atom. The number of ether oxygens (including phenoxy) is 1. The number of rotatable bonds is 2. The second kappa shape index (κ2) is 5.10. The lowest BCUT2D eigenvalue weighted by Gasteiger charge is -2.48. The van der Waals surface area contributed by atoms with Gasteiger partial charge in [-0.3, -0.25) is 9.69 Å². The van der Waals surface area contributed by atoms with E-state index in [0.29, 0.717) is 16.8 Å². The summed E-state index contributed by atoms with van der Waals surface area (Å²) in [7, 11) is 0. The monoisotopic (exact) mass is 348 g/mol. The number of carbonyl (C=O) groups is 2. The van der Waals surface area contributed by atoms with Crippen LogP contribution in [0.4, 0.5) is 0 Å². The molecule has 1 saturated heterocycles. The first-order chi connectivity index (χ1) is 8.76. The molecule has 0 radical (unpaired) electrons. The number of nitrogens with zero attached hydrogens (tertiary/aromatic N) is 1. The van der Waals surface area contributed by atoms with E-state index in [2.05, 4.69) is 15.9 Å². The summed E-state index contributed by atoms with van der Waals surface area (Å²) in [6.45, 7) is 5.41. The van der Waals surface area contributed by atoms with Gasteiger partial charge in [-0.15, -0.1) is 11.8 Å². The van der Waals surface area contributed by atoms with Crippen molar-refractivity contribution < 1.29 is 14.3 Å². The van der Waals surface area contributed by atoms with E-state index in [9.17, 15) is 9.59 Å². The second-order valence-electron chi connectivity index (χ2n) is 5.52. The van der Waals surface area contributed by atoms with Crippen LogP contribution in [-0.2, 0) is 14.3 Å². The van der Waals surface area contributed by atoms with Crippen molar-refractivity contribution in [2.75, 3.05) is 11.1 Å². The number of alkyl halides is 1. The van der Waals surface area contributed by atoms with Crippen molar-refractivity contribution in [3.8, 4) is 0 Å². The van der Waals surface area contributed by atoms with Gasteiger partial charge in [0.25, 0.3) is 0 Å². The van der Waals surface area contributed by atoms with Crippen LogP contribution in [0.2, 0.25) is 0 Å². The maximum Gasteiger partial charge on any atom is 0.355 e. The molecule has 0 aromatic rings. The van der Waals surface area contributed by atoms with Crippen LogP contribution in [0.3, 0.4) is 0 Å². The predicted octanol–water partition coefficient (Wildman–Crippen LogP) is 1.22. The van der Waals surface area contributed by atoms with Gasteiger partial charge in [0, 0.05) is 11.1 Å². The fraction of sp³-hybridized carbons (Fsp3) is 0.667. The first kappa shape index (κ1) is 14.9. The minimum atomic E-state index is -0.586. The molecule has 0 saturated carbocycles. The van der Waals surface area contributed by atoms with Gasteiger partial charge in [0.2, 0.25) is 5.91 Å². The van der Waals surface area contributed by atoms with Crippen LogP contribution in [0.25, 0.3) is 0 Å². The predicted molar refractivity (Wildman–Crippen MR) is 77.7 cm³/mol. The average molecular weight is 349 g/mol. The van der Waals surface area contributed by atoms with Gasteiger partial charge in [-0.2, -0.15) is 0 Å². The summed E-state index contributed by atoms with van der Waals surface area (Å²) in [5.74, 6) is 0.0196. The normalized spacial score (nSPS) is 27.0. The Bertz CT molecular complexity index is 458. The van der Waals surface area contributed by atoms with E-state index < -0.39 is 17.6 Å². The minimum Gasteiger partial charge on any atom is -0.455 e. The fourth-order valence-electron chi connectivity index (χ4n) is 2.00. The molecule has 1 amide bonds. The highest BCUT2D eigenvalue weighted by molar-refractivity contribution is 9.09. The Labute approximate surface area is 125 Å². The van der Waals surface area contributed by atoms with Crippen molar-refractivity contribution in [3.63, 3.8) is 0 Å². The lowest BCUT2D eigenvalue weighted by atomic mass is 10.0. The van der Waals surface area contributed by atoms with Crippen molar-refractivity contribution in [1.82, 2.24) is 4.90 Å². The summed E-state index contributed by atoms with van der Waals surface area (Å²) in [5.41, 5.74) is 6.40. The molecule has 1 unspecified atom stereocenters. The molecule has 0 aromatic heterocycles. The fourth-order valence-corrected chi connectivity index (χ4v) is 4.02. The van der Waals surface area contributed by atoms with E-state index in [-0.39, 0.29) is 11.3 Å². The van der Waals surface area contributed by atoms with Gasteiger partial charge < -0.3 is 10.5 Å². The zero-order valence-corrected chi connectivity index (χ0v) is 13.5. The number of β-lactam (4-membered cyclic amide) rings is 1. The number of amides is 1. The van der Waals surface area contributed by atoms with Crippen LogP contribution < -0.4 is 5.73 Å². The third kappa shape index (κ3) is 2.68. The molecule has 0 spiro atoms. The number of fused-ring (bicyclic) bond motifs is 1. The van der Waals surface area contributed by atoms with E-state index >= 15 is 0 Å². The highest BCUT2D eigenvalue weighted by atomic mass is 79.9. The van der Waals surface area contributed by atoms with Gasteiger partial charge >= 0.3 is 5.97 Å². The largest absolute Gasteiger partial charge is 0.455 e. The summed E-state index contributed by atoms with van der Waals surface area (Å²) in [6, 6.07) is -0.515. The highest BCUT2D eigenvalue weighted by Crippen LogP contribution is 2.40. The molecule has 0 bridgehead atoms. The lowest BCUT2D eigenvalue weighted by molar-refractivity contribution is -0.157. The Morgan fingerprint density at radius 2 is 2.21 bits per heavy atom.